The Kier molecular flexibility index (Phi) is 5.62. The molecule has 0 saturated carbocycles. The third kappa shape index (κ3) is 4.17. The van der Waals surface area contributed by atoms with Crippen LogP contribution in [0.25, 0.3) is 11.0 Å². The summed E-state index contributed by atoms with van der Waals surface area (Å²) in [6.07, 6.45) is 0. The molecule has 8 heteroatoms. The summed E-state index contributed by atoms with van der Waals surface area (Å²) in [5.74, 6) is -0.816. The summed E-state index contributed by atoms with van der Waals surface area (Å²) in [4.78, 5) is 51.1. The van der Waals surface area contributed by atoms with Gasteiger partial charge in [-0.25, -0.2) is 9.59 Å². The molecule has 2 amide bonds. The Morgan fingerprint density at radius 3 is 2.34 bits per heavy atom. The standard InChI is InChI=1S/C27H19NO7/c1-33-19-9-10-20-18(12-24(29)35-23(20)13-19)15-34-27(32)17-6-4-5-16(11-17)14-28-25(30)21-7-2-3-8-22(21)26(28)31/h2-13H,14-15H2,1H3. The fourth-order valence-electron chi connectivity index (χ4n) is 4.05. The summed E-state index contributed by atoms with van der Waals surface area (Å²) in [6, 6.07) is 19.5. The van der Waals surface area contributed by atoms with Crippen molar-refractivity contribution in [3.63, 3.8) is 0 Å². The van der Waals surface area contributed by atoms with Crippen molar-refractivity contribution in [2.75, 3.05) is 7.11 Å². The summed E-state index contributed by atoms with van der Waals surface area (Å²) >= 11 is 0. The lowest BCUT2D eigenvalue weighted by Crippen LogP contribution is -2.29. The predicted molar refractivity (Wildman–Crippen MR) is 125 cm³/mol. The molecule has 8 nitrogen and oxygen atoms in total. The van der Waals surface area contributed by atoms with Crippen LogP contribution >= 0.6 is 0 Å². The van der Waals surface area contributed by atoms with Gasteiger partial charge in [0, 0.05) is 23.1 Å². The summed E-state index contributed by atoms with van der Waals surface area (Å²) in [7, 11) is 1.51. The number of esters is 1. The number of hydrogen-bond acceptors (Lipinski definition) is 7. The quantitative estimate of drug-likeness (QED) is 0.239. The SMILES string of the molecule is COc1ccc2c(COC(=O)c3cccc(CN4C(=O)c5ccccc5C4=O)c3)cc(=O)oc2c1. The molecule has 0 fully saturated rings. The zero-order valence-electron chi connectivity index (χ0n) is 18.6. The first-order chi connectivity index (χ1) is 16.9. The number of ether oxygens (including phenoxy) is 2. The van der Waals surface area contributed by atoms with E-state index in [1.807, 2.05) is 0 Å². The van der Waals surface area contributed by atoms with E-state index in [1.165, 1.54) is 13.2 Å². The minimum absolute atomic E-state index is 0.0274. The fraction of sp³-hybridized carbons (Fsp3) is 0.111. The second-order valence-corrected chi connectivity index (χ2v) is 7.97. The van der Waals surface area contributed by atoms with E-state index >= 15 is 0 Å². The Bertz CT molecular complexity index is 1520. The molecule has 0 N–H and O–H groups in total. The van der Waals surface area contributed by atoms with Gasteiger partial charge < -0.3 is 13.9 Å². The molecule has 1 aliphatic heterocycles. The van der Waals surface area contributed by atoms with Crippen LogP contribution in [0.15, 0.2) is 82.0 Å². The van der Waals surface area contributed by atoms with Crippen LogP contribution in [0.4, 0.5) is 0 Å². The summed E-state index contributed by atoms with van der Waals surface area (Å²) in [6.45, 7) is -0.116. The predicted octanol–water partition coefficient (Wildman–Crippen LogP) is 3.95. The maximum Gasteiger partial charge on any atom is 0.338 e. The van der Waals surface area contributed by atoms with Crippen LogP contribution in [0.3, 0.4) is 0 Å². The fourth-order valence-corrected chi connectivity index (χ4v) is 4.05. The van der Waals surface area contributed by atoms with Crippen molar-refractivity contribution in [1.82, 2.24) is 4.90 Å². The molecule has 1 aromatic heterocycles. The molecule has 0 spiro atoms. The van der Waals surface area contributed by atoms with Gasteiger partial charge in [-0.1, -0.05) is 24.3 Å². The Morgan fingerprint density at radius 2 is 1.63 bits per heavy atom. The second-order valence-electron chi connectivity index (χ2n) is 7.97. The van der Waals surface area contributed by atoms with E-state index in [1.54, 1.807) is 66.7 Å². The van der Waals surface area contributed by atoms with Crippen LogP contribution in [0, 0.1) is 0 Å². The molecule has 0 saturated heterocycles. The highest BCUT2D eigenvalue weighted by atomic mass is 16.5. The Balaban J connectivity index is 1.32. The normalized spacial score (nSPS) is 12.7. The molecule has 4 aromatic rings. The van der Waals surface area contributed by atoms with Gasteiger partial charge in [-0.2, -0.15) is 0 Å². The third-order valence-electron chi connectivity index (χ3n) is 5.78. The van der Waals surface area contributed by atoms with E-state index in [2.05, 4.69) is 0 Å². The zero-order chi connectivity index (χ0) is 24.5. The van der Waals surface area contributed by atoms with Crippen LogP contribution in [-0.4, -0.2) is 29.8 Å². The first-order valence-corrected chi connectivity index (χ1v) is 10.8. The first-order valence-electron chi connectivity index (χ1n) is 10.8. The molecule has 2 heterocycles. The number of rotatable bonds is 6. The summed E-state index contributed by atoms with van der Waals surface area (Å²) in [5, 5.41) is 0.623. The molecular weight excluding hydrogens is 450 g/mol. The highest BCUT2D eigenvalue weighted by molar-refractivity contribution is 6.21. The van der Waals surface area contributed by atoms with Crippen molar-refractivity contribution in [3.8, 4) is 5.75 Å². The highest BCUT2D eigenvalue weighted by Crippen LogP contribution is 2.25. The van der Waals surface area contributed by atoms with Crippen molar-refractivity contribution in [3.05, 3.63) is 111 Å². The van der Waals surface area contributed by atoms with Gasteiger partial charge in [0.1, 0.15) is 17.9 Å². The molecule has 0 aliphatic carbocycles. The third-order valence-corrected chi connectivity index (χ3v) is 5.78. The van der Waals surface area contributed by atoms with Gasteiger partial charge in [-0.05, 0) is 42.0 Å². The number of hydrogen-bond donors (Lipinski definition) is 0. The smallest absolute Gasteiger partial charge is 0.338 e. The molecule has 5 rings (SSSR count). The van der Waals surface area contributed by atoms with Gasteiger partial charge in [-0.3, -0.25) is 14.5 Å². The maximum absolute atomic E-state index is 12.7. The number of nitrogens with zero attached hydrogens (tertiary/aromatic N) is 1. The minimum atomic E-state index is -0.607. The molecule has 0 unspecified atom stereocenters. The number of fused-ring (bicyclic) bond motifs is 2. The van der Waals surface area contributed by atoms with Crippen LogP contribution in [-0.2, 0) is 17.9 Å². The molecule has 0 bridgehead atoms. The minimum Gasteiger partial charge on any atom is -0.497 e. The molecule has 0 atom stereocenters. The van der Waals surface area contributed by atoms with E-state index in [0.717, 1.165) is 4.90 Å². The van der Waals surface area contributed by atoms with E-state index in [4.69, 9.17) is 13.9 Å². The van der Waals surface area contributed by atoms with Gasteiger partial charge in [0.25, 0.3) is 11.8 Å². The summed E-state index contributed by atoms with van der Waals surface area (Å²) in [5.41, 5.74) is 1.84. The van der Waals surface area contributed by atoms with Crippen molar-refractivity contribution in [2.45, 2.75) is 13.2 Å². The van der Waals surface area contributed by atoms with Crippen molar-refractivity contribution < 1.29 is 28.3 Å². The highest BCUT2D eigenvalue weighted by Gasteiger charge is 2.35. The van der Waals surface area contributed by atoms with Gasteiger partial charge >= 0.3 is 11.6 Å². The lowest BCUT2D eigenvalue weighted by atomic mass is 10.1. The van der Waals surface area contributed by atoms with Crippen LogP contribution < -0.4 is 10.4 Å². The topological polar surface area (TPSA) is 103 Å². The first kappa shape index (κ1) is 22.1. The number of imide groups is 1. The van der Waals surface area contributed by atoms with Crippen molar-refractivity contribution >= 4 is 28.8 Å². The molecule has 35 heavy (non-hydrogen) atoms. The number of benzene rings is 3. The van der Waals surface area contributed by atoms with E-state index in [0.29, 0.717) is 39.0 Å². The Labute approximate surface area is 199 Å². The zero-order valence-corrected chi connectivity index (χ0v) is 18.6. The number of carbonyl (C=O) groups is 3. The van der Waals surface area contributed by atoms with Gasteiger partial charge in [0.15, 0.2) is 0 Å². The number of amides is 2. The molecular formula is C27H19NO7. The van der Waals surface area contributed by atoms with Crippen molar-refractivity contribution in [1.29, 1.82) is 0 Å². The Morgan fingerprint density at radius 1 is 0.886 bits per heavy atom. The van der Waals surface area contributed by atoms with Gasteiger partial charge in [0.05, 0.1) is 30.3 Å². The summed E-state index contributed by atoms with van der Waals surface area (Å²) < 4.78 is 15.8. The molecule has 1 aliphatic rings. The maximum atomic E-state index is 12.7. The largest absolute Gasteiger partial charge is 0.497 e. The molecule has 174 valence electrons. The van der Waals surface area contributed by atoms with Crippen LogP contribution in [0.2, 0.25) is 0 Å². The second kappa shape index (κ2) is 8.90. The van der Waals surface area contributed by atoms with E-state index in [9.17, 15) is 19.2 Å². The van der Waals surface area contributed by atoms with E-state index < -0.39 is 11.6 Å². The van der Waals surface area contributed by atoms with Gasteiger partial charge in [-0.15, -0.1) is 0 Å². The van der Waals surface area contributed by atoms with E-state index in [-0.39, 0.29) is 30.5 Å². The van der Waals surface area contributed by atoms with Crippen LogP contribution in [0.5, 0.6) is 5.75 Å². The molecule has 3 aromatic carbocycles. The monoisotopic (exact) mass is 469 g/mol. The lowest BCUT2D eigenvalue weighted by molar-refractivity contribution is 0.0473. The molecule has 0 radical (unpaired) electrons. The average molecular weight is 469 g/mol. The van der Waals surface area contributed by atoms with Gasteiger partial charge in [0.2, 0.25) is 0 Å². The number of carbonyl (C=O) groups excluding carboxylic acids is 3. The Hall–Kier alpha value is -4.72. The van der Waals surface area contributed by atoms with Crippen molar-refractivity contribution in [2.24, 2.45) is 0 Å². The average Bonchev–Trinajstić information content (AvgIpc) is 3.11. The van der Waals surface area contributed by atoms with Crippen LogP contribution in [0.1, 0.15) is 42.2 Å². The lowest BCUT2D eigenvalue weighted by Gasteiger charge is -2.14. The number of methoxy groups -OCH3 is 1.